The van der Waals surface area contributed by atoms with Crippen LogP contribution in [0.3, 0.4) is 0 Å². The van der Waals surface area contributed by atoms with Gasteiger partial charge >= 0.3 is 0 Å². The summed E-state index contributed by atoms with van der Waals surface area (Å²) in [4.78, 5) is 2.56. The average Bonchev–Trinajstić information content (AvgIpc) is 2.67. The zero-order valence-corrected chi connectivity index (χ0v) is 9.08. The van der Waals surface area contributed by atoms with Crippen LogP contribution in [0.25, 0.3) is 0 Å². The van der Waals surface area contributed by atoms with E-state index < -0.39 is 0 Å². The van der Waals surface area contributed by atoms with Crippen molar-refractivity contribution in [3.8, 4) is 6.07 Å². The van der Waals surface area contributed by atoms with Gasteiger partial charge in [-0.2, -0.15) is 5.26 Å². The van der Waals surface area contributed by atoms with Gasteiger partial charge in [-0.1, -0.05) is 6.92 Å². The van der Waals surface area contributed by atoms with Crippen molar-refractivity contribution in [2.75, 3.05) is 13.1 Å². The van der Waals surface area contributed by atoms with Crippen molar-refractivity contribution in [2.24, 2.45) is 11.8 Å². The van der Waals surface area contributed by atoms with Crippen LogP contribution >= 0.6 is 0 Å². The van der Waals surface area contributed by atoms with Crippen LogP contribution in [0.2, 0.25) is 0 Å². The van der Waals surface area contributed by atoms with Gasteiger partial charge in [-0.05, 0) is 44.6 Å². The molecule has 0 bridgehead atoms. The maximum atomic E-state index is 8.85. The van der Waals surface area contributed by atoms with Crippen LogP contribution in [0.4, 0.5) is 0 Å². The summed E-state index contributed by atoms with van der Waals surface area (Å²) < 4.78 is 0. The molecule has 0 aromatic heterocycles. The quantitative estimate of drug-likeness (QED) is 0.638. The third-order valence-corrected chi connectivity index (χ3v) is 3.90. The van der Waals surface area contributed by atoms with Gasteiger partial charge in [0, 0.05) is 12.6 Å². The summed E-state index contributed by atoms with van der Waals surface area (Å²) >= 11 is 0. The first kappa shape index (κ1) is 9.98. The molecule has 1 saturated heterocycles. The van der Waals surface area contributed by atoms with E-state index in [1.807, 2.05) is 0 Å². The summed E-state index contributed by atoms with van der Waals surface area (Å²) in [5, 5.41) is 8.85. The minimum Gasteiger partial charge on any atom is -0.299 e. The normalized spacial score (nSPS) is 39.6. The monoisotopic (exact) mass is 192 g/mol. The fourth-order valence-electron chi connectivity index (χ4n) is 2.83. The van der Waals surface area contributed by atoms with Gasteiger partial charge < -0.3 is 0 Å². The minimum absolute atomic E-state index is 0.314. The van der Waals surface area contributed by atoms with E-state index in [0.717, 1.165) is 31.5 Å². The number of hydrogen-bond acceptors (Lipinski definition) is 2. The Balaban J connectivity index is 1.83. The van der Waals surface area contributed by atoms with Gasteiger partial charge in [-0.3, -0.25) is 4.90 Å². The molecule has 0 spiro atoms. The second-order valence-electron chi connectivity index (χ2n) is 5.02. The molecule has 2 aliphatic rings. The minimum atomic E-state index is 0.314. The molecule has 14 heavy (non-hydrogen) atoms. The smallest absolute Gasteiger partial charge is 0.0669 e. The second-order valence-corrected chi connectivity index (χ2v) is 5.02. The molecule has 2 nitrogen and oxygen atoms in total. The molecule has 2 heteroatoms. The molecule has 0 amide bonds. The van der Waals surface area contributed by atoms with Crippen molar-refractivity contribution in [1.82, 2.24) is 4.90 Å². The van der Waals surface area contributed by atoms with Crippen molar-refractivity contribution in [2.45, 2.75) is 45.1 Å². The highest BCUT2D eigenvalue weighted by Gasteiger charge is 2.29. The van der Waals surface area contributed by atoms with E-state index in [2.05, 4.69) is 17.9 Å². The van der Waals surface area contributed by atoms with Gasteiger partial charge in [0.05, 0.1) is 12.0 Å². The molecular weight excluding hydrogens is 172 g/mol. The van der Waals surface area contributed by atoms with Gasteiger partial charge in [0.2, 0.25) is 0 Å². The van der Waals surface area contributed by atoms with E-state index in [9.17, 15) is 0 Å². The number of hydrogen-bond donors (Lipinski definition) is 0. The van der Waals surface area contributed by atoms with Crippen LogP contribution in [0.5, 0.6) is 0 Å². The van der Waals surface area contributed by atoms with Crippen molar-refractivity contribution >= 4 is 0 Å². The van der Waals surface area contributed by atoms with Gasteiger partial charge in [-0.15, -0.1) is 0 Å². The van der Waals surface area contributed by atoms with Crippen molar-refractivity contribution < 1.29 is 0 Å². The molecule has 1 saturated carbocycles. The Morgan fingerprint density at radius 3 is 2.43 bits per heavy atom. The predicted octanol–water partition coefficient (Wildman–Crippen LogP) is 2.41. The number of likely N-dealkylation sites (tertiary alicyclic amines) is 1. The molecule has 78 valence electrons. The first-order valence-electron chi connectivity index (χ1n) is 5.93. The van der Waals surface area contributed by atoms with Gasteiger partial charge in [0.25, 0.3) is 0 Å². The van der Waals surface area contributed by atoms with Crippen molar-refractivity contribution in [3.63, 3.8) is 0 Å². The molecule has 0 aromatic carbocycles. The largest absolute Gasteiger partial charge is 0.299 e. The van der Waals surface area contributed by atoms with Crippen molar-refractivity contribution in [1.29, 1.82) is 5.26 Å². The molecule has 0 aromatic rings. The lowest BCUT2D eigenvalue weighted by Crippen LogP contribution is -2.36. The van der Waals surface area contributed by atoms with E-state index in [-0.39, 0.29) is 0 Å². The Hall–Kier alpha value is -0.550. The first-order valence-corrected chi connectivity index (χ1v) is 5.93. The number of nitriles is 1. The highest BCUT2D eigenvalue weighted by Crippen LogP contribution is 2.30. The summed E-state index contributed by atoms with van der Waals surface area (Å²) in [5.74, 6) is 1.25. The summed E-state index contributed by atoms with van der Waals surface area (Å²) in [7, 11) is 0. The third kappa shape index (κ3) is 2.09. The Morgan fingerprint density at radius 1 is 1.14 bits per heavy atom. The lowest BCUT2D eigenvalue weighted by atomic mass is 9.87. The third-order valence-electron chi connectivity index (χ3n) is 3.90. The summed E-state index contributed by atoms with van der Waals surface area (Å²) in [6, 6.07) is 3.20. The molecular formula is C12H20N2. The Kier molecular flexibility index (Phi) is 3.08. The molecule has 2 fully saturated rings. The van der Waals surface area contributed by atoms with Crippen LogP contribution in [0.1, 0.15) is 39.0 Å². The average molecular weight is 192 g/mol. The lowest BCUT2D eigenvalue weighted by Gasteiger charge is -2.33. The number of nitrogens with zero attached hydrogens (tertiary/aromatic N) is 2. The summed E-state index contributed by atoms with van der Waals surface area (Å²) in [6.45, 7) is 4.56. The van der Waals surface area contributed by atoms with Gasteiger partial charge in [-0.25, -0.2) is 0 Å². The maximum absolute atomic E-state index is 8.85. The zero-order chi connectivity index (χ0) is 9.97. The summed E-state index contributed by atoms with van der Waals surface area (Å²) in [6.07, 6.45) is 6.60. The van der Waals surface area contributed by atoms with E-state index >= 15 is 0 Å². The Labute approximate surface area is 86.9 Å². The highest BCUT2D eigenvalue weighted by molar-refractivity contribution is 4.93. The topological polar surface area (TPSA) is 27.0 Å². The summed E-state index contributed by atoms with van der Waals surface area (Å²) in [5.41, 5.74) is 0. The molecule has 0 N–H and O–H groups in total. The predicted molar refractivity (Wildman–Crippen MR) is 56.7 cm³/mol. The standard InChI is InChI=1S/C12H20N2/c1-10-2-4-12(5-3-10)14-7-6-11(8-13)9-14/h10-12H,2-7,9H2,1H3/t10?,11-,12?/m0/s1. The van der Waals surface area contributed by atoms with Crippen LogP contribution in [0, 0.1) is 23.2 Å². The highest BCUT2D eigenvalue weighted by atomic mass is 15.2. The van der Waals surface area contributed by atoms with E-state index in [1.165, 1.54) is 25.7 Å². The maximum Gasteiger partial charge on any atom is 0.0669 e. The van der Waals surface area contributed by atoms with Crippen LogP contribution in [-0.4, -0.2) is 24.0 Å². The van der Waals surface area contributed by atoms with E-state index in [1.54, 1.807) is 0 Å². The molecule has 1 atom stereocenters. The molecule has 1 heterocycles. The first-order chi connectivity index (χ1) is 6.79. The molecule has 1 aliphatic carbocycles. The Morgan fingerprint density at radius 2 is 1.86 bits per heavy atom. The SMILES string of the molecule is CC1CCC(N2CC[C@@H](C#N)C2)CC1. The second kappa shape index (κ2) is 4.31. The van der Waals surface area contributed by atoms with Crippen molar-refractivity contribution in [3.05, 3.63) is 0 Å². The fraction of sp³-hybridized carbons (Fsp3) is 0.917. The van der Waals surface area contributed by atoms with Crippen LogP contribution in [-0.2, 0) is 0 Å². The lowest BCUT2D eigenvalue weighted by molar-refractivity contribution is 0.167. The van der Waals surface area contributed by atoms with E-state index in [4.69, 9.17) is 5.26 Å². The zero-order valence-electron chi connectivity index (χ0n) is 9.08. The molecule has 0 radical (unpaired) electrons. The van der Waals surface area contributed by atoms with Gasteiger partial charge in [0.15, 0.2) is 0 Å². The van der Waals surface area contributed by atoms with Crippen LogP contribution in [0.15, 0.2) is 0 Å². The molecule has 2 rings (SSSR count). The van der Waals surface area contributed by atoms with E-state index in [0.29, 0.717) is 5.92 Å². The molecule has 1 aliphatic heterocycles. The fourth-order valence-corrected chi connectivity index (χ4v) is 2.83. The number of rotatable bonds is 1. The van der Waals surface area contributed by atoms with Crippen LogP contribution < -0.4 is 0 Å². The Bertz CT molecular complexity index is 223. The van der Waals surface area contributed by atoms with Gasteiger partial charge in [0.1, 0.15) is 0 Å². The molecule has 0 unspecified atom stereocenters.